The van der Waals surface area contributed by atoms with Gasteiger partial charge in [0.2, 0.25) is 5.69 Å². The molecule has 0 amide bonds. The van der Waals surface area contributed by atoms with Crippen LogP contribution in [0.25, 0.3) is 86.9 Å². The van der Waals surface area contributed by atoms with Crippen molar-refractivity contribution in [1.29, 1.82) is 5.26 Å². The average Bonchev–Trinajstić information content (AvgIpc) is 3.69. The molecule has 230 valence electrons. The molecular weight excluding hydrogens is 611 g/mol. The van der Waals surface area contributed by atoms with E-state index in [2.05, 4.69) is 122 Å². The molecule has 9 aromatic rings. The molecule has 7 aromatic carbocycles. The molecule has 0 atom stereocenters. The maximum atomic E-state index is 9.74. The molecule has 0 fully saturated rings. The van der Waals surface area contributed by atoms with Crippen LogP contribution >= 0.6 is 0 Å². The number of benzene rings is 7. The number of aromatic nitrogens is 2. The quantitative estimate of drug-likeness (QED) is 0.177. The van der Waals surface area contributed by atoms with Gasteiger partial charge in [0.05, 0.1) is 47.0 Å². The molecule has 0 saturated heterocycles. The Morgan fingerprint density at radius 3 is 1.88 bits per heavy atom. The maximum Gasteiger partial charge on any atom is 0.211 e. The second kappa shape index (κ2) is 11.4. The van der Waals surface area contributed by atoms with Crippen LogP contribution in [0.3, 0.4) is 0 Å². The number of para-hydroxylation sites is 3. The lowest BCUT2D eigenvalue weighted by molar-refractivity contribution is 1.18. The Labute approximate surface area is 288 Å². The molecule has 2 aromatic heterocycles. The lowest BCUT2D eigenvalue weighted by atomic mass is 9.92. The van der Waals surface area contributed by atoms with E-state index in [1.807, 2.05) is 48.5 Å². The van der Waals surface area contributed by atoms with Crippen molar-refractivity contribution in [3.8, 4) is 39.7 Å². The van der Waals surface area contributed by atoms with E-state index in [1.54, 1.807) is 6.07 Å². The highest BCUT2D eigenvalue weighted by Crippen LogP contribution is 2.44. The highest BCUT2D eigenvalue weighted by molar-refractivity contribution is 6.12. The Balaban J connectivity index is 1.31. The number of nitriles is 1. The second-order valence-electron chi connectivity index (χ2n) is 12.2. The van der Waals surface area contributed by atoms with Crippen molar-refractivity contribution in [1.82, 2.24) is 9.13 Å². The van der Waals surface area contributed by atoms with Crippen LogP contribution in [-0.2, 0) is 0 Å². The van der Waals surface area contributed by atoms with Gasteiger partial charge in [-0.15, -0.1) is 0 Å². The fourth-order valence-electron chi connectivity index (χ4n) is 7.45. The van der Waals surface area contributed by atoms with Gasteiger partial charge in [-0.2, -0.15) is 5.26 Å². The third-order valence-electron chi connectivity index (χ3n) is 9.58. The van der Waals surface area contributed by atoms with Crippen molar-refractivity contribution < 1.29 is 0 Å². The summed E-state index contributed by atoms with van der Waals surface area (Å²) in [6.45, 7) is 16.0. The first-order chi connectivity index (χ1) is 24.7. The monoisotopic (exact) mass is 635 g/mol. The van der Waals surface area contributed by atoms with Crippen LogP contribution in [0.1, 0.15) is 5.56 Å². The van der Waals surface area contributed by atoms with E-state index in [1.165, 1.54) is 10.8 Å². The van der Waals surface area contributed by atoms with Crippen LogP contribution in [0.2, 0.25) is 0 Å². The first-order valence-electron chi connectivity index (χ1n) is 16.2. The van der Waals surface area contributed by atoms with Crippen molar-refractivity contribution in [2.24, 2.45) is 0 Å². The van der Waals surface area contributed by atoms with E-state index in [0.29, 0.717) is 16.9 Å². The average molecular weight is 636 g/mol. The molecule has 5 nitrogen and oxygen atoms in total. The van der Waals surface area contributed by atoms with E-state index in [4.69, 9.17) is 13.1 Å². The van der Waals surface area contributed by atoms with Gasteiger partial charge in [0.15, 0.2) is 5.69 Å². The Hall–Kier alpha value is -7.39. The topological polar surface area (TPSA) is 42.4 Å². The minimum absolute atomic E-state index is 0.493. The van der Waals surface area contributed by atoms with Crippen LogP contribution in [0.15, 0.2) is 152 Å². The molecule has 50 heavy (non-hydrogen) atoms. The number of rotatable bonds is 4. The van der Waals surface area contributed by atoms with Crippen molar-refractivity contribution in [3.05, 3.63) is 180 Å². The predicted molar refractivity (Wildman–Crippen MR) is 203 cm³/mol. The largest absolute Gasteiger partial charge is 0.320 e. The summed E-state index contributed by atoms with van der Waals surface area (Å²) in [5.74, 6) is 0. The van der Waals surface area contributed by atoms with Crippen LogP contribution in [0.5, 0.6) is 0 Å². The summed E-state index contributed by atoms with van der Waals surface area (Å²) >= 11 is 0. The molecule has 0 aliphatic carbocycles. The highest BCUT2D eigenvalue weighted by Gasteiger charge is 2.21. The van der Waals surface area contributed by atoms with Gasteiger partial charge in [-0.3, -0.25) is 0 Å². The van der Waals surface area contributed by atoms with Crippen LogP contribution < -0.4 is 0 Å². The Bertz CT molecular complexity index is 2920. The van der Waals surface area contributed by atoms with E-state index in [9.17, 15) is 5.26 Å². The standard InChI is InChI=1S/C45H25N5/c1-47-31-22-23-37-39-25-29(28-46)21-24-43(39)50(44(37)27-31)45-38(17-10-18-40(45)48-2)34-14-4-3-13-33(34)30-11-9-12-32(26-30)49-41-19-7-5-15-35(41)36-16-6-8-20-42(36)49/h3-27H. The molecule has 0 saturated carbocycles. The lowest BCUT2D eigenvalue weighted by Crippen LogP contribution is -1.99. The normalized spacial score (nSPS) is 11.1. The molecule has 0 bridgehead atoms. The van der Waals surface area contributed by atoms with Gasteiger partial charge in [-0.25, -0.2) is 9.69 Å². The summed E-state index contributed by atoms with van der Waals surface area (Å²) < 4.78 is 4.42. The minimum atomic E-state index is 0.493. The first-order valence-corrected chi connectivity index (χ1v) is 16.2. The van der Waals surface area contributed by atoms with E-state index in [-0.39, 0.29) is 0 Å². The zero-order chi connectivity index (χ0) is 33.8. The van der Waals surface area contributed by atoms with Gasteiger partial charge in [0, 0.05) is 32.7 Å². The lowest BCUT2D eigenvalue weighted by Gasteiger charge is -2.19. The summed E-state index contributed by atoms with van der Waals surface area (Å²) in [6.07, 6.45) is 0. The number of nitrogens with zero attached hydrogens (tertiary/aromatic N) is 5. The van der Waals surface area contributed by atoms with Crippen molar-refractivity contribution >= 4 is 55.0 Å². The van der Waals surface area contributed by atoms with Gasteiger partial charge in [-0.05, 0) is 70.8 Å². The van der Waals surface area contributed by atoms with Crippen molar-refractivity contribution in [2.45, 2.75) is 0 Å². The molecule has 0 unspecified atom stereocenters. The summed E-state index contributed by atoms with van der Waals surface area (Å²) in [5.41, 5.74) is 11.3. The number of fused-ring (bicyclic) bond motifs is 6. The molecule has 0 aliphatic heterocycles. The van der Waals surface area contributed by atoms with Crippen LogP contribution in [0, 0.1) is 24.5 Å². The second-order valence-corrected chi connectivity index (χ2v) is 12.2. The van der Waals surface area contributed by atoms with E-state index in [0.717, 1.165) is 66.5 Å². The van der Waals surface area contributed by atoms with E-state index < -0.39 is 0 Å². The van der Waals surface area contributed by atoms with Gasteiger partial charge in [-0.1, -0.05) is 103 Å². The minimum Gasteiger partial charge on any atom is -0.320 e. The first kappa shape index (κ1) is 28.8. The summed E-state index contributed by atoms with van der Waals surface area (Å²) in [6, 6.07) is 53.4. The zero-order valence-corrected chi connectivity index (χ0v) is 26.7. The third-order valence-corrected chi connectivity index (χ3v) is 9.58. The summed E-state index contributed by atoms with van der Waals surface area (Å²) in [4.78, 5) is 7.75. The van der Waals surface area contributed by atoms with E-state index >= 15 is 0 Å². The predicted octanol–water partition coefficient (Wildman–Crippen LogP) is 12.2. The highest BCUT2D eigenvalue weighted by atomic mass is 15.0. The SMILES string of the molecule is [C-]#[N+]c1ccc2c3cc(C#N)ccc3n(-c3c([N+]#[C-])cccc3-c3ccccc3-c3cccc(-n4c5ccccc5c5ccccc54)c3)c2c1. The van der Waals surface area contributed by atoms with Crippen molar-refractivity contribution in [2.75, 3.05) is 0 Å². The smallest absolute Gasteiger partial charge is 0.211 e. The van der Waals surface area contributed by atoms with Crippen LogP contribution in [0.4, 0.5) is 11.4 Å². The molecule has 0 N–H and O–H groups in total. The van der Waals surface area contributed by atoms with Gasteiger partial charge in [0.25, 0.3) is 0 Å². The summed E-state index contributed by atoms with van der Waals surface area (Å²) in [7, 11) is 0. The fourth-order valence-corrected chi connectivity index (χ4v) is 7.45. The van der Waals surface area contributed by atoms with Gasteiger partial charge in [0.1, 0.15) is 0 Å². The summed E-state index contributed by atoms with van der Waals surface area (Å²) in [5, 5.41) is 14.0. The molecule has 9 rings (SSSR count). The Morgan fingerprint density at radius 2 is 1.14 bits per heavy atom. The van der Waals surface area contributed by atoms with Gasteiger partial charge >= 0.3 is 0 Å². The molecule has 0 radical (unpaired) electrons. The number of hydrogen-bond acceptors (Lipinski definition) is 1. The molecular formula is C45H25N5. The number of hydrogen-bond donors (Lipinski definition) is 0. The molecule has 0 spiro atoms. The molecule has 0 aliphatic rings. The van der Waals surface area contributed by atoms with Gasteiger partial charge < -0.3 is 9.13 Å². The van der Waals surface area contributed by atoms with Crippen LogP contribution in [-0.4, -0.2) is 9.13 Å². The molecule has 5 heteroatoms. The Kier molecular flexibility index (Phi) is 6.56. The maximum absolute atomic E-state index is 9.74. The third kappa shape index (κ3) is 4.31. The Morgan fingerprint density at radius 1 is 0.480 bits per heavy atom. The molecule has 2 heterocycles. The fraction of sp³-hybridized carbons (Fsp3) is 0. The zero-order valence-electron chi connectivity index (χ0n) is 26.7. The van der Waals surface area contributed by atoms with Crippen molar-refractivity contribution in [3.63, 3.8) is 0 Å².